The van der Waals surface area contributed by atoms with Crippen molar-refractivity contribution in [3.8, 4) is 0 Å². The summed E-state index contributed by atoms with van der Waals surface area (Å²) in [6, 6.07) is 19.0. The molecule has 0 spiro atoms. The van der Waals surface area contributed by atoms with Crippen LogP contribution < -0.4 is 5.32 Å². The molecule has 0 fully saturated rings. The van der Waals surface area contributed by atoms with Crippen LogP contribution in [-0.4, -0.2) is 34.2 Å². The van der Waals surface area contributed by atoms with E-state index in [9.17, 15) is 9.59 Å². The Bertz CT molecular complexity index is 1150. The predicted octanol–water partition coefficient (Wildman–Crippen LogP) is 4.62. The van der Waals surface area contributed by atoms with Gasteiger partial charge in [0.2, 0.25) is 5.91 Å². The maximum atomic E-state index is 12.4. The number of esters is 1. The SMILES string of the molecule is CCOC(=O)c1ccccc1NC(=O)CSc1nc2cc3ccccc3cc2[nH]1. The molecule has 3 aromatic carbocycles. The Morgan fingerprint density at radius 2 is 1.79 bits per heavy atom. The second-order valence-electron chi connectivity index (χ2n) is 6.36. The fraction of sp³-hybridized carbons (Fsp3) is 0.136. The highest BCUT2D eigenvalue weighted by molar-refractivity contribution is 7.99. The topological polar surface area (TPSA) is 84.1 Å². The van der Waals surface area contributed by atoms with Crippen LogP contribution in [0.3, 0.4) is 0 Å². The van der Waals surface area contributed by atoms with Gasteiger partial charge in [-0.1, -0.05) is 48.2 Å². The number of carbonyl (C=O) groups excluding carboxylic acids is 2. The van der Waals surface area contributed by atoms with Crippen LogP contribution in [0.1, 0.15) is 17.3 Å². The minimum Gasteiger partial charge on any atom is -0.462 e. The minimum absolute atomic E-state index is 0.163. The van der Waals surface area contributed by atoms with Crippen molar-refractivity contribution in [2.24, 2.45) is 0 Å². The summed E-state index contributed by atoms with van der Waals surface area (Å²) in [4.78, 5) is 32.2. The van der Waals surface area contributed by atoms with Crippen LogP contribution in [0.2, 0.25) is 0 Å². The first-order valence-corrected chi connectivity index (χ1v) is 10.2. The van der Waals surface area contributed by atoms with Gasteiger partial charge in [-0.2, -0.15) is 0 Å². The van der Waals surface area contributed by atoms with E-state index in [1.165, 1.54) is 11.8 Å². The van der Waals surface area contributed by atoms with Gasteiger partial charge < -0.3 is 15.0 Å². The van der Waals surface area contributed by atoms with Crippen molar-refractivity contribution in [3.63, 3.8) is 0 Å². The first-order valence-electron chi connectivity index (χ1n) is 9.21. The van der Waals surface area contributed by atoms with E-state index in [4.69, 9.17) is 4.74 Å². The van der Waals surface area contributed by atoms with Crippen molar-refractivity contribution in [1.29, 1.82) is 0 Å². The molecule has 4 rings (SSSR count). The number of nitrogens with one attached hydrogen (secondary N) is 2. The third kappa shape index (κ3) is 4.25. The van der Waals surface area contributed by atoms with Gasteiger partial charge in [0.05, 0.1) is 34.6 Å². The van der Waals surface area contributed by atoms with E-state index in [1.54, 1.807) is 31.2 Å². The van der Waals surface area contributed by atoms with E-state index in [2.05, 4.69) is 27.4 Å². The summed E-state index contributed by atoms with van der Waals surface area (Å²) in [5.41, 5.74) is 2.56. The summed E-state index contributed by atoms with van der Waals surface area (Å²) >= 11 is 1.31. The summed E-state index contributed by atoms with van der Waals surface area (Å²) in [6.07, 6.45) is 0. The Morgan fingerprint density at radius 3 is 2.59 bits per heavy atom. The van der Waals surface area contributed by atoms with Crippen LogP contribution in [-0.2, 0) is 9.53 Å². The van der Waals surface area contributed by atoms with Gasteiger partial charge in [-0.05, 0) is 42.0 Å². The van der Waals surface area contributed by atoms with Crippen LogP contribution in [0, 0.1) is 0 Å². The molecule has 29 heavy (non-hydrogen) atoms. The van der Waals surface area contributed by atoms with Crippen molar-refractivity contribution in [3.05, 3.63) is 66.2 Å². The van der Waals surface area contributed by atoms with Gasteiger partial charge in [0.25, 0.3) is 0 Å². The summed E-state index contributed by atoms with van der Waals surface area (Å²) in [7, 11) is 0. The fourth-order valence-electron chi connectivity index (χ4n) is 3.04. The molecule has 1 heterocycles. The monoisotopic (exact) mass is 405 g/mol. The zero-order valence-electron chi connectivity index (χ0n) is 15.8. The predicted molar refractivity (Wildman–Crippen MR) is 115 cm³/mol. The lowest BCUT2D eigenvalue weighted by atomic mass is 10.1. The lowest BCUT2D eigenvalue weighted by Gasteiger charge is -2.09. The van der Waals surface area contributed by atoms with Gasteiger partial charge in [-0.15, -0.1) is 0 Å². The Morgan fingerprint density at radius 1 is 1.07 bits per heavy atom. The van der Waals surface area contributed by atoms with Crippen molar-refractivity contribution < 1.29 is 14.3 Å². The smallest absolute Gasteiger partial charge is 0.340 e. The normalized spacial score (nSPS) is 10.9. The second-order valence-corrected chi connectivity index (χ2v) is 7.33. The molecule has 0 aliphatic heterocycles. The lowest BCUT2D eigenvalue weighted by molar-refractivity contribution is -0.113. The molecule has 1 amide bonds. The van der Waals surface area contributed by atoms with E-state index in [0.717, 1.165) is 21.8 Å². The Labute approximate surface area is 171 Å². The van der Waals surface area contributed by atoms with Crippen molar-refractivity contribution in [1.82, 2.24) is 9.97 Å². The second kappa shape index (κ2) is 8.36. The van der Waals surface area contributed by atoms with Crippen LogP contribution in [0.25, 0.3) is 21.8 Å². The number of fused-ring (bicyclic) bond motifs is 2. The van der Waals surface area contributed by atoms with Gasteiger partial charge in [0.1, 0.15) is 0 Å². The number of aromatic nitrogens is 2. The van der Waals surface area contributed by atoms with Crippen molar-refractivity contribution >= 4 is 51.1 Å². The molecule has 2 N–H and O–H groups in total. The zero-order valence-corrected chi connectivity index (χ0v) is 16.6. The third-order valence-electron chi connectivity index (χ3n) is 4.36. The quantitative estimate of drug-likeness (QED) is 0.361. The molecule has 0 aliphatic carbocycles. The summed E-state index contributed by atoms with van der Waals surface area (Å²) in [6.45, 7) is 2.02. The molecule has 0 saturated carbocycles. The summed E-state index contributed by atoms with van der Waals surface area (Å²) in [5, 5.41) is 5.70. The van der Waals surface area contributed by atoms with Gasteiger partial charge in [-0.25, -0.2) is 9.78 Å². The maximum absolute atomic E-state index is 12.4. The molecule has 0 radical (unpaired) electrons. The zero-order chi connectivity index (χ0) is 20.2. The van der Waals surface area contributed by atoms with Gasteiger partial charge >= 0.3 is 5.97 Å². The average molecular weight is 405 g/mol. The Balaban J connectivity index is 1.45. The first-order chi connectivity index (χ1) is 14.1. The van der Waals surface area contributed by atoms with Crippen molar-refractivity contribution in [2.45, 2.75) is 12.1 Å². The summed E-state index contributed by atoms with van der Waals surface area (Å²) in [5.74, 6) is -0.519. The standard InChI is InChI=1S/C22H19N3O3S/c1-2-28-21(27)16-9-5-6-10-17(16)23-20(26)13-29-22-24-18-11-14-7-3-4-8-15(14)12-19(18)25-22/h3-12H,2,13H2,1H3,(H,23,26)(H,24,25). The number of thioether (sulfide) groups is 1. The minimum atomic E-state index is -0.458. The average Bonchev–Trinajstić information content (AvgIpc) is 3.12. The number of H-pyrrole nitrogens is 1. The van der Waals surface area contributed by atoms with Gasteiger partial charge in [0.15, 0.2) is 5.16 Å². The highest BCUT2D eigenvalue weighted by atomic mass is 32.2. The molecule has 6 nitrogen and oxygen atoms in total. The third-order valence-corrected chi connectivity index (χ3v) is 5.24. The maximum Gasteiger partial charge on any atom is 0.340 e. The Hall–Kier alpha value is -3.32. The van der Waals surface area contributed by atoms with Crippen LogP contribution in [0.15, 0.2) is 65.8 Å². The Kier molecular flexibility index (Phi) is 5.48. The fourth-order valence-corrected chi connectivity index (χ4v) is 3.73. The molecule has 4 aromatic rings. The molecule has 1 aromatic heterocycles. The number of hydrogen-bond acceptors (Lipinski definition) is 5. The highest BCUT2D eigenvalue weighted by Crippen LogP contribution is 2.25. The molecule has 0 aliphatic rings. The number of rotatable bonds is 6. The molecule has 0 unspecified atom stereocenters. The van der Waals surface area contributed by atoms with E-state index in [-0.39, 0.29) is 18.3 Å². The number of amides is 1. The van der Waals surface area contributed by atoms with Gasteiger partial charge in [-0.3, -0.25) is 4.79 Å². The molecular formula is C22H19N3O3S. The van der Waals surface area contributed by atoms with Crippen molar-refractivity contribution in [2.75, 3.05) is 17.7 Å². The number of benzene rings is 3. The number of para-hydroxylation sites is 1. The number of anilines is 1. The number of aromatic amines is 1. The molecular weight excluding hydrogens is 386 g/mol. The molecule has 146 valence electrons. The van der Waals surface area contributed by atoms with E-state index in [0.29, 0.717) is 16.4 Å². The molecule has 7 heteroatoms. The first kappa shape index (κ1) is 19.0. The number of nitrogens with zero attached hydrogens (tertiary/aromatic N) is 1. The van der Waals surface area contributed by atoms with E-state index >= 15 is 0 Å². The largest absolute Gasteiger partial charge is 0.462 e. The number of hydrogen-bond donors (Lipinski definition) is 2. The van der Waals surface area contributed by atoms with E-state index in [1.807, 2.05) is 24.3 Å². The molecule has 0 bridgehead atoms. The van der Waals surface area contributed by atoms with Crippen LogP contribution >= 0.6 is 11.8 Å². The van der Waals surface area contributed by atoms with Crippen LogP contribution in [0.5, 0.6) is 0 Å². The van der Waals surface area contributed by atoms with Gasteiger partial charge in [0, 0.05) is 0 Å². The summed E-state index contributed by atoms with van der Waals surface area (Å²) < 4.78 is 5.04. The highest BCUT2D eigenvalue weighted by Gasteiger charge is 2.14. The number of ether oxygens (including phenoxy) is 1. The lowest BCUT2D eigenvalue weighted by Crippen LogP contribution is -2.17. The molecule has 0 atom stereocenters. The number of imidazole rings is 1. The van der Waals surface area contributed by atoms with Crippen LogP contribution in [0.4, 0.5) is 5.69 Å². The molecule has 0 saturated heterocycles. The van der Waals surface area contributed by atoms with E-state index < -0.39 is 5.97 Å². The number of carbonyl (C=O) groups is 2.